The number of carbonyl (C=O) groups is 4. The van der Waals surface area contributed by atoms with Crippen LogP contribution in [-0.4, -0.2) is 118 Å². The van der Waals surface area contributed by atoms with Crippen LogP contribution in [0.1, 0.15) is 369 Å². The Morgan fingerprint density at radius 3 is 0.864 bits per heavy atom. The number of nitrogens with zero attached hydrogens (tertiary/aromatic N) is 2. The number of hydrogen-bond donors (Lipinski definition) is 1. The van der Waals surface area contributed by atoms with Crippen molar-refractivity contribution in [2.75, 3.05) is 79.1 Å². The third-order valence-corrected chi connectivity index (χ3v) is 18.3. The molecule has 0 aromatic rings. The minimum Gasteiger partial charge on any atom is -0.466 e. The lowest BCUT2D eigenvalue weighted by molar-refractivity contribution is -0.156. The van der Waals surface area contributed by atoms with Gasteiger partial charge in [-0.3, -0.25) is 19.2 Å². The lowest BCUT2D eigenvalue weighted by Crippen LogP contribution is -2.29. The number of hydrogen-bond acceptors (Lipinski definition) is 12. The lowest BCUT2D eigenvalue weighted by Gasteiger charge is -2.22. The highest BCUT2D eigenvalue weighted by molar-refractivity contribution is 5.70. The number of carbonyl (C=O) groups excluding carboxylic acids is 4. The molecule has 12 nitrogen and oxygen atoms in total. The van der Waals surface area contributed by atoms with E-state index in [2.05, 4.69) is 51.3 Å². The van der Waals surface area contributed by atoms with Crippen LogP contribution in [0.5, 0.6) is 0 Å². The molecule has 88 heavy (non-hydrogen) atoms. The smallest absolute Gasteiger partial charge is 0.309 e. The van der Waals surface area contributed by atoms with Gasteiger partial charge in [0.15, 0.2) is 6.79 Å². The molecule has 0 heterocycles. The SMILES string of the molecule is CCCCCC(CCCCC)CCOC(=O)CCCCCCCCN(CCCO)CCCOCOC(=O)CCN(CCCCCCCCC(=O)OCCC(CCCCC)CCCCC)CCCCCCCCC(=O)OCCC(CCCCC)CCCCC. The van der Waals surface area contributed by atoms with Gasteiger partial charge in [0.05, 0.1) is 32.8 Å². The minimum absolute atomic E-state index is 0.0290. The summed E-state index contributed by atoms with van der Waals surface area (Å²) >= 11 is 0. The lowest BCUT2D eigenvalue weighted by atomic mass is 9.92. The number of esters is 4. The zero-order valence-electron chi connectivity index (χ0n) is 59.3. The van der Waals surface area contributed by atoms with Gasteiger partial charge in [-0.1, -0.05) is 273 Å². The van der Waals surface area contributed by atoms with Crippen molar-refractivity contribution in [3.05, 3.63) is 0 Å². The molecule has 0 bridgehead atoms. The summed E-state index contributed by atoms with van der Waals surface area (Å²) in [6.45, 7) is 21.2. The fourth-order valence-corrected chi connectivity index (χ4v) is 12.4. The molecule has 0 atom stereocenters. The van der Waals surface area contributed by atoms with Crippen LogP contribution >= 0.6 is 0 Å². The van der Waals surface area contributed by atoms with Gasteiger partial charge in [-0.05, 0) is 108 Å². The second-order valence-electron chi connectivity index (χ2n) is 26.6. The summed E-state index contributed by atoms with van der Waals surface area (Å²) in [5.41, 5.74) is 0. The predicted octanol–water partition coefficient (Wildman–Crippen LogP) is 20.6. The van der Waals surface area contributed by atoms with Gasteiger partial charge in [0.2, 0.25) is 0 Å². The quantitative estimate of drug-likeness (QED) is 0.0268. The van der Waals surface area contributed by atoms with Gasteiger partial charge < -0.3 is 38.6 Å². The number of aliphatic hydroxyl groups is 1. The molecule has 0 aliphatic rings. The van der Waals surface area contributed by atoms with Gasteiger partial charge in [-0.15, -0.1) is 0 Å². The van der Waals surface area contributed by atoms with E-state index >= 15 is 0 Å². The van der Waals surface area contributed by atoms with Crippen molar-refractivity contribution in [2.24, 2.45) is 17.8 Å². The third kappa shape index (κ3) is 61.2. The molecule has 0 radical (unpaired) electrons. The largest absolute Gasteiger partial charge is 0.466 e. The molecule has 0 fully saturated rings. The van der Waals surface area contributed by atoms with Gasteiger partial charge in [0.25, 0.3) is 0 Å². The van der Waals surface area contributed by atoms with Gasteiger partial charge in [-0.2, -0.15) is 0 Å². The summed E-state index contributed by atoms with van der Waals surface area (Å²) < 4.78 is 28.4. The van der Waals surface area contributed by atoms with Gasteiger partial charge in [0, 0.05) is 45.5 Å². The molecule has 0 aliphatic heterocycles. The maximum Gasteiger partial charge on any atom is 0.309 e. The number of unbranched alkanes of at least 4 members (excludes halogenated alkanes) is 27. The average Bonchev–Trinajstić information content (AvgIpc) is 3.53. The number of rotatable bonds is 72. The first-order valence-corrected chi connectivity index (χ1v) is 38.4. The molecule has 1 N–H and O–H groups in total. The first-order chi connectivity index (χ1) is 43.1. The predicted molar refractivity (Wildman–Crippen MR) is 370 cm³/mol. The molecule has 12 heteroatoms. The van der Waals surface area contributed by atoms with Crippen molar-refractivity contribution in [3.8, 4) is 0 Å². The molecule has 0 amide bonds. The van der Waals surface area contributed by atoms with E-state index in [4.69, 9.17) is 23.7 Å². The highest BCUT2D eigenvalue weighted by Crippen LogP contribution is 2.24. The summed E-state index contributed by atoms with van der Waals surface area (Å²) in [6, 6.07) is 0. The summed E-state index contributed by atoms with van der Waals surface area (Å²) in [5.74, 6) is 1.72. The normalized spacial score (nSPS) is 11.8. The number of ether oxygens (including phenoxy) is 5. The molecule has 0 saturated heterocycles. The Labute approximate surface area is 545 Å². The van der Waals surface area contributed by atoms with E-state index in [0.717, 1.165) is 180 Å². The first kappa shape index (κ1) is 85.7. The number of aliphatic hydroxyl groups excluding tert-OH is 1. The van der Waals surface area contributed by atoms with Crippen LogP contribution in [0.3, 0.4) is 0 Å². The Morgan fingerprint density at radius 1 is 0.273 bits per heavy atom. The van der Waals surface area contributed by atoms with Crippen LogP contribution in [0.25, 0.3) is 0 Å². The fraction of sp³-hybridized carbons (Fsp3) is 0.947. The summed E-state index contributed by atoms with van der Waals surface area (Å²) in [5, 5.41) is 9.55. The Bertz CT molecular complexity index is 1400. The summed E-state index contributed by atoms with van der Waals surface area (Å²) in [4.78, 5) is 55.4. The highest BCUT2D eigenvalue weighted by atomic mass is 16.7. The second-order valence-corrected chi connectivity index (χ2v) is 26.6. The summed E-state index contributed by atoms with van der Waals surface area (Å²) in [6.07, 6.45) is 56.4. The fourth-order valence-electron chi connectivity index (χ4n) is 12.4. The first-order valence-electron chi connectivity index (χ1n) is 38.4. The van der Waals surface area contributed by atoms with E-state index in [1.165, 1.54) is 154 Å². The van der Waals surface area contributed by atoms with E-state index in [-0.39, 0.29) is 37.3 Å². The molecule has 0 aliphatic carbocycles. The standard InChI is InChI=1S/C76H148N2O10/c1-7-13-31-45-70(46-32-14-8-2)55-66-85-73(80)51-37-25-19-22-28-40-58-77(61-43-64-79)62-44-65-84-69-88-76(83)54-63-78(59-41-29-23-20-26-38-52-74(81)86-67-56-71(47-33-15-9-3)48-34-16-10-4)60-42-30-24-21-27-39-53-75(82)87-68-57-72(49-35-17-11-5)50-36-18-12-6/h70-72,79H,7-69H2,1-6H3. The van der Waals surface area contributed by atoms with Crippen molar-refractivity contribution >= 4 is 23.9 Å². The molecule has 0 aromatic carbocycles. The molecular weight excluding hydrogens is 1100 g/mol. The highest BCUT2D eigenvalue weighted by Gasteiger charge is 2.16. The topological polar surface area (TPSA) is 141 Å². The third-order valence-electron chi connectivity index (χ3n) is 18.3. The van der Waals surface area contributed by atoms with Crippen LogP contribution in [0.15, 0.2) is 0 Å². The summed E-state index contributed by atoms with van der Waals surface area (Å²) in [7, 11) is 0. The average molecular weight is 1250 g/mol. The minimum atomic E-state index is -0.223. The van der Waals surface area contributed by atoms with E-state index < -0.39 is 0 Å². The Hall–Kier alpha value is -2.28. The van der Waals surface area contributed by atoms with Gasteiger partial charge >= 0.3 is 23.9 Å². The monoisotopic (exact) mass is 1250 g/mol. The second kappa shape index (κ2) is 69.1. The van der Waals surface area contributed by atoms with E-state index in [1.54, 1.807) is 0 Å². The van der Waals surface area contributed by atoms with Crippen molar-refractivity contribution in [3.63, 3.8) is 0 Å². The molecule has 522 valence electrons. The van der Waals surface area contributed by atoms with Crippen molar-refractivity contribution in [1.82, 2.24) is 9.80 Å². The van der Waals surface area contributed by atoms with E-state index in [0.29, 0.717) is 76.4 Å². The van der Waals surface area contributed by atoms with Crippen molar-refractivity contribution in [2.45, 2.75) is 369 Å². The zero-order chi connectivity index (χ0) is 64.3. The van der Waals surface area contributed by atoms with Crippen LogP contribution in [0, 0.1) is 17.8 Å². The molecule has 0 unspecified atom stereocenters. The van der Waals surface area contributed by atoms with Crippen molar-refractivity contribution in [1.29, 1.82) is 0 Å². The van der Waals surface area contributed by atoms with E-state index in [9.17, 15) is 24.3 Å². The van der Waals surface area contributed by atoms with Crippen molar-refractivity contribution < 1.29 is 48.0 Å². The van der Waals surface area contributed by atoms with E-state index in [1.807, 2.05) is 0 Å². The molecule has 0 spiro atoms. The van der Waals surface area contributed by atoms with Crippen LogP contribution in [0.4, 0.5) is 0 Å². The van der Waals surface area contributed by atoms with Crippen LogP contribution in [-0.2, 0) is 42.9 Å². The molecule has 0 saturated carbocycles. The Balaban J connectivity index is 4.74. The molecule has 0 rings (SSSR count). The van der Waals surface area contributed by atoms with Crippen LogP contribution in [0.2, 0.25) is 0 Å². The van der Waals surface area contributed by atoms with Crippen LogP contribution < -0.4 is 0 Å². The van der Waals surface area contributed by atoms with Gasteiger partial charge in [-0.25, -0.2) is 0 Å². The maximum absolute atomic E-state index is 13.0. The zero-order valence-corrected chi connectivity index (χ0v) is 59.3. The maximum atomic E-state index is 13.0. The van der Waals surface area contributed by atoms with Gasteiger partial charge in [0.1, 0.15) is 0 Å². The Morgan fingerprint density at radius 2 is 0.545 bits per heavy atom. The Kier molecular flexibility index (Phi) is 67.3. The molecular formula is C76H148N2O10. The molecule has 0 aromatic heterocycles.